The number of anilines is 1. The molecule has 138 valence electrons. The minimum Gasteiger partial charge on any atom is -0.486 e. The molecule has 0 aliphatic carbocycles. The average Bonchev–Trinajstić information content (AvgIpc) is 2.62. The van der Waals surface area contributed by atoms with Gasteiger partial charge in [-0.15, -0.1) is 0 Å². The lowest BCUT2D eigenvalue weighted by Crippen LogP contribution is -2.33. The topological polar surface area (TPSA) is 93.7 Å². The molecule has 0 unspecified atom stereocenters. The Kier molecular flexibility index (Phi) is 5.65. The number of hydrogen-bond acceptors (Lipinski definition) is 5. The Morgan fingerprint density at radius 3 is 2.46 bits per heavy atom. The maximum Gasteiger partial charge on any atom is 0.239 e. The smallest absolute Gasteiger partial charge is 0.239 e. The molecule has 1 heterocycles. The third-order valence-electron chi connectivity index (χ3n) is 3.55. The van der Waals surface area contributed by atoms with E-state index >= 15 is 0 Å². The van der Waals surface area contributed by atoms with Crippen LogP contribution in [-0.4, -0.2) is 34.1 Å². The van der Waals surface area contributed by atoms with Gasteiger partial charge in [-0.25, -0.2) is 13.1 Å². The van der Waals surface area contributed by atoms with Crippen LogP contribution in [0, 0.1) is 0 Å². The van der Waals surface area contributed by atoms with Gasteiger partial charge in [-0.2, -0.15) is 0 Å². The molecule has 0 fully saturated rings. The van der Waals surface area contributed by atoms with E-state index in [2.05, 4.69) is 10.0 Å². The maximum absolute atomic E-state index is 12.1. The predicted octanol–water partition coefficient (Wildman–Crippen LogP) is 2.17. The predicted molar refractivity (Wildman–Crippen MR) is 98.1 cm³/mol. The summed E-state index contributed by atoms with van der Waals surface area (Å²) in [6.07, 6.45) is 0. The number of rotatable bonds is 6. The second kappa shape index (κ2) is 7.94. The molecule has 1 amide bonds. The van der Waals surface area contributed by atoms with Gasteiger partial charge in [0.05, 0.1) is 12.3 Å². The van der Waals surface area contributed by atoms with Crippen LogP contribution in [0.3, 0.4) is 0 Å². The van der Waals surface area contributed by atoms with Gasteiger partial charge in [0.2, 0.25) is 15.9 Å². The van der Waals surface area contributed by atoms with E-state index in [0.29, 0.717) is 41.0 Å². The molecule has 1 aliphatic rings. The van der Waals surface area contributed by atoms with Crippen molar-refractivity contribution in [2.75, 3.05) is 25.1 Å². The quantitative estimate of drug-likeness (QED) is 0.780. The summed E-state index contributed by atoms with van der Waals surface area (Å²) in [5.41, 5.74) is 1.07. The molecule has 26 heavy (non-hydrogen) atoms. The van der Waals surface area contributed by atoms with Crippen LogP contribution < -0.4 is 19.5 Å². The van der Waals surface area contributed by atoms with E-state index in [1.165, 1.54) is 0 Å². The molecule has 2 N–H and O–H groups in total. The first-order valence-corrected chi connectivity index (χ1v) is 9.86. The van der Waals surface area contributed by atoms with Crippen LogP contribution in [0.5, 0.6) is 11.5 Å². The summed E-state index contributed by atoms with van der Waals surface area (Å²) in [5.74, 6) is 0.429. The standard InChI is InChI=1S/C17H17ClN2O5S/c18-13-3-1-12(2-4-13)11-26(22,23)19-10-17(21)20-14-5-6-15-16(9-14)25-8-7-24-15/h1-6,9,19H,7-8,10-11H2,(H,20,21). The fourth-order valence-electron chi connectivity index (χ4n) is 2.35. The highest BCUT2D eigenvalue weighted by Gasteiger charge is 2.15. The number of carbonyl (C=O) groups excluding carboxylic acids is 1. The minimum absolute atomic E-state index is 0.235. The van der Waals surface area contributed by atoms with E-state index in [1.54, 1.807) is 42.5 Å². The Hall–Kier alpha value is -2.29. The number of sulfonamides is 1. The molecule has 0 spiro atoms. The van der Waals surface area contributed by atoms with Crippen molar-refractivity contribution in [3.63, 3.8) is 0 Å². The highest BCUT2D eigenvalue weighted by atomic mass is 35.5. The zero-order valence-electron chi connectivity index (χ0n) is 13.7. The van der Waals surface area contributed by atoms with Crippen LogP contribution in [0.2, 0.25) is 5.02 Å². The minimum atomic E-state index is -3.65. The Labute approximate surface area is 156 Å². The fourth-order valence-corrected chi connectivity index (χ4v) is 3.56. The van der Waals surface area contributed by atoms with Crippen molar-refractivity contribution in [1.82, 2.24) is 4.72 Å². The van der Waals surface area contributed by atoms with Crippen molar-refractivity contribution >= 4 is 33.2 Å². The third-order valence-corrected chi connectivity index (χ3v) is 5.10. The normalized spacial score (nSPS) is 13.3. The Morgan fingerprint density at radius 1 is 1.04 bits per heavy atom. The first kappa shape index (κ1) is 18.5. The van der Waals surface area contributed by atoms with E-state index in [4.69, 9.17) is 21.1 Å². The molecule has 0 saturated carbocycles. The van der Waals surface area contributed by atoms with Crippen molar-refractivity contribution in [2.24, 2.45) is 0 Å². The lowest BCUT2D eigenvalue weighted by atomic mass is 10.2. The number of nitrogens with one attached hydrogen (secondary N) is 2. The number of hydrogen-bond donors (Lipinski definition) is 2. The van der Waals surface area contributed by atoms with Crippen molar-refractivity contribution in [1.29, 1.82) is 0 Å². The first-order chi connectivity index (χ1) is 12.4. The monoisotopic (exact) mass is 396 g/mol. The van der Waals surface area contributed by atoms with E-state index in [-0.39, 0.29) is 12.3 Å². The summed E-state index contributed by atoms with van der Waals surface area (Å²) < 4.78 is 37.3. The fraction of sp³-hybridized carbons (Fsp3) is 0.235. The molecule has 3 rings (SSSR count). The molecular formula is C17H17ClN2O5S. The van der Waals surface area contributed by atoms with Crippen LogP contribution in [0.1, 0.15) is 5.56 Å². The van der Waals surface area contributed by atoms with Crippen molar-refractivity contribution in [3.05, 3.63) is 53.1 Å². The summed E-state index contributed by atoms with van der Waals surface area (Å²) in [4.78, 5) is 12.0. The number of carbonyl (C=O) groups is 1. The highest BCUT2D eigenvalue weighted by Crippen LogP contribution is 2.32. The lowest BCUT2D eigenvalue weighted by molar-refractivity contribution is -0.115. The van der Waals surface area contributed by atoms with Crippen LogP contribution in [0.15, 0.2) is 42.5 Å². The highest BCUT2D eigenvalue weighted by molar-refractivity contribution is 7.88. The van der Waals surface area contributed by atoms with Crippen molar-refractivity contribution in [3.8, 4) is 11.5 Å². The van der Waals surface area contributed by atoms with Gasteiger partial charge in [0.1, 0.15) is 13.2 Å². The van der Waals surface area contributed by atoms with E-state index < -0.39 is 15.9 Å². The van der Waals surface area contributed by atoms with E-state index in [1.807, 2.05) is 0 Å². The van der Waals surface area contributed by atoms with Gasteiger partial charge in [0.15, 0.2) is 11.5 Å². The summed E-state index contributed by atoms with van der Waals surface area (Å²) in [5, 5.41) is 3.14. The van der Waals surface area contributed by atoms with Crippen molar-refractivity contribution < 1.29 is 22.7 Å². The molecule has 0 atom stereocenters. The van der Waals surface area contributed by atoms with Crippen LogP contribution >= 0.6 is 11.6 Å². The molecule has 7 nitrogen and oxygen atoms in total. The molecule has 2 aromatic carbocycles. The second-order valence-electron chi connectivity index (χ2n) is 5.61. The van der Waals surface area contributed by atoms with Gasteiger partial charge in [0.25, 0.3) is 0 Å². The Balaban J connectivity index is 1.54. The number of ether oxygens (including phenoxy) is 2. The Bertz CT molecular complexity index is 900. The third kappa shape index (κ3) is 5.10. The molecule has 0 saturated heterocycles. The van der Waals surface area contributed by atoms with Gasteiger partial charge < -0.3 is 14.8 Å². The summed E-state index contributed by atoms with van der Waals surface area (Å²) >= 11 is 5.77. The van der Waals surface area contributed by atoms with Gasteiger partial charge in [-0.1, -0.05) is 23.7 Å². The molecule has 0 aromatic heterocycles. The van der Waals surface area contributed by atoms with Crippen molar-refractivity contribution in [2.45, 2.75) is 5.75 Å². The zero-order valence-corrected chi connectivity index (χ0v) is 15.3. The lowest BCUT2D eigenvalue weighted by Gasteiger charge is -2.19. The van der Waals surface area contributed by atoms with Crippen LogP contribution in [0.4, 0.5) is 5.69 Å². The Morgan fingerprint density at radius 2 is 1.73 bits per heavy atom. The number of benzene rings is 2. The molecule has 0 bridgehead atoms. The summed E-state index contributed by atoms with van der Waals surface area (Å²) in [6, 6.07) is 11.5. The van der Waals surface area contributed by atoms with Crippen LogP contribution in [-0.2, 0) is 20.6 Å². The molecule has 9 heteroatoms. The van der Waals surface area contributed by atoms with Gasteiger partial charge in [0, 0.05) is 16.8 Å². The maximum atomic E-state index is 12.1. The molecule has 0 radical (unpaired) electrons. The first-order valence-electron chi connectivity index (χ1n) is 7.82. The second-order valence-corrected chi connectivity index (χ2v) is 7.86. The summed E-state index contributed by atoms with van der Waals surface area (Å²) in [7, 11) is -3.65. The van der Waals surface area contributed by atoms with E-state index in [0.717, 1.165) is 0 Å². The van der Waals surface area contributed by atoms with Crippen LogP contribution in [0.25, 0.3) is 0 Å². The van der Waals surface area contributed by atoms with Gasteiger partial charge in [-0.05, 0) is 29.8 Å². The average molecular weight is 397 g/mol. The van der Waals surface area contributed by atoms with Gasteiger partial charge in [-0.3, -0.25) is 4.79 Å². The number of amides is 1. The molecule has 1 aliphatic heterocycles. The molecule has 2 aromatic rings. The number of halogens is 1. The molecular weight excluding hydrogens is 380 g/mol. The zero-order chi connectivity index (χ0) is 18.6. The largest absolute Gasteiger partial charge is 0.486 e. The SMILES string of the molecule is O=C(CNS(=O)(=O)Cc1ccc(Cl)cc1)Nc1ccc2c(c1)OCCO2. The summed E-state index contributed by atoms with van der Waals surface area (Å²) in [6.45, 7) is 0.549. The van der Waals surface area contributed by atoms with Gasteiger partial charge >= 0.3 is 0 Å². The number of fused-ring (bicyclic) bond motifs is 1. The van der Waals surface area contributed by atoms with E-state index in [9.17, 15) is 13.2 Å².